The van der Waals surface area contributed by atoms with Crippen LogP contribution in [0.1, 0.15) is 42.5 Å². The van der Waals surface area contributed by atoms with E-state index in [0.29, 0.717) is 11.3 Å². The lowest BCUT2D eigenvalue weighted by molar-refractivity contribution is 0.102. The third-order valence-corrected chi connectivity index (χ3v) is 5.68. The number of para-hydroxylation sites is 1. The third kappa shape index (κ3) is 4.45. The van der Waals surface area contributed by atoms with Crippen molar-refractivity contribution in [2.45, 2.75) is 32.1 Å². The third-order valence-electron chi connectivity index (χ3n) is 5.39. The lowest BCUT2D eigenvalue weighted by Crippen LogP contribution is -2.17. The largest absolute Gasteiger partial charge is 0.385 e. The number of hydrogen-bond donors (Lipinski definition) is 2. The van der Waals surface area contributed by atoms with Crippen molar-refractivity contribution in [3.8, 4) is 0 Å². The minimum absolute atomic E-state index is 0.196. The van der Waals surface area contributed by atoms with Crippen LogP contribution in [0.25, 0.3) is 10.9 Å². The fourth-order valence-corrected chi connectivity index (χ4v) is 3.96. The summed E-state index contributed by atoms with van der Waals surface area (Å²) in [5.41, 5.74) is 2.96. The Kier molecular flexibility index (Phi) is 5.77. The summed E-state index contributed by atoms with van der Waals surface area (Å²) in [7, 11) is 0. The molecule has 5 heteroatoms. The summed E-state index contributed by atoms with van der Waals surface area (Å²) in [6.07, 6.45) is 6.69. The van der Waals surface area contributed by atoms with Gasteiger partial charge >= 0.3 is 0 Å². The molecule has 1 aliphatic rings. The van der Waals surface area contributed by atoms with Crippen LogP contribution in [0.4, 0.5) is 11.4 Å². The molecule has 1 fully saturated rings. The van der Waals surface area contributed by atoms with Crippen molar-refractivity contribution in [3.05, 3.63) is 65.3 Å². The lowest BCUT2D eigenvalue weighted by atomic mass is 9.89. The van der Waals surface area contributed by atoms with Crippen molar-refractivity contribution in [1.82, 2.24) is 4.98 Å². The van der Waals surface area contributed by atoms with Gasteiger partial charge in [-0.15, -0.1) is 0 Å². The van der Waals surface area contributed by atoms with Crippen LogP contribution in [0, 0.1) is 5.92 Å². The van der Waals surface area contributed by atoms with Crippen LogP contribution in [0.15, 0.2) is 54.6 Å². The Labute approximate surface area is 170 Å². The maximum absolute atomic E-state index is 12.6. The molecule has 0 atom stereocenters. The summed E-state index contributed by atoms with van der Waals surface area (Å²) < 4.78 is 0. The molecule has 28 heavy (non-hydrogen) atoms. The molecule has 2 N–H and O–H groups in total. The number of nitrogens with zero attached hydrogens (tertiary/aromatic N) is 1. The molecule has 1 heterocycles. The van der Waals surface area contributed by atoms with Crippen LogP contribution in [0.5, 0.6) is 0 Å². The molecule has 0 spiro atoms. The average molecular weight is 394 g/mol. The first kappa shape index (κ1) is 18.8. The van der Waals surface area contributed by atoms with Crippen molar-refractivity contribution in [2.24, 2.45) is 5.92 Å². The van der Waals surface area contributed by atoms with Gasteiger partial charge in [-0.25, -0.2) is 4.98 Å². The van der Waals surface area contributed by atoms with E-state index < -0.39 is 0 Å². The number of pyridine rings is 1. The minimum Gasteiger partial charge on any atom is -0.385 e. The van der Waals surface area contributed by atoms with Crippen LogP contribution in [-0.2, 0) is 0 Å². The van der Waals surface area contributed by atoms with Gasteiger partial charge in [-0.3, -0.25) is 4.79 Å². The number of amides is 1. The second-order valence-corrected chi connectivity index (χ2v) is 7.79. The van der Waals surface area contributed by atoms with E-state index in [2.05, 4.69) is 15.6 Å². The molecule has 1 aromatic heterocycles. The Hall–Kier alpha value is -2.59. The van der Waals surface area contributed by atoms with Gasteiger partial charge in [0.15, 0.2) is 5.15 Å². The van der Waals surface area contributed by atoms with Gasteiger partial charge in [-0.2, -0.15) is 0 Å². The maximum atomic E-state index is 12.6. The molecule has 2 aromatic carbocycles. The van der Waals surface area contributed by atoms with Crippen LogP contribution < -0.4 is 10.6 Å². The summed E-state index contributed by atoms with van der Waals surface area (Å²) in [5, 5.41) is 7.59. The van der Waals surface area contributed by atoms with E-state index in [1.807, 2.05) is 54.6 Å². The van der Waals surface area contributed by atoms with Gasteiger partial charge < -0.3 is 10.6 Å². The number of aromatic nitrogens is 1. The Morgan fingerprint density at radius 1 is 1.04 bits per heavy atom. The first-order chi connectivity index (χ1) is 13.7. The SMILES string of the molecule is O=C(Nc1cc2ccccc2nc1Cl)c1ccc(NCC2CCCCC2)cc1. The molecule has 3 aromatic rings. The highest BCUT2D eigenvalue weighted by atomic mass is 35.5. The van der Waals surface area contributed by atoms with E-state index >= 15 is 0 Å². The predicted molar refractivity (Wildman–Crippen MR) is 116 cm³/mol. The van der Waals surface area contributed by atoms with Gasteiger partial charge in [0.2, 0.25) is 0 Å². The number of anilines is 2. The second-order valence-electron chi connectivity index (χ2n) is 7.44. The minimum atomic E-state index is -0.196. The van der Waals surface area contributed by atoms with Crippen molar-refractivity contribution in [3.63, 3.8) is 0 Å². The molecule has 1 aliphatic carbocycles. The predicted octanol–water partition coefficient (Wildman–Crippen LogP) is 6.13. The molecular weight excluding hydrogens is 370 g/mol. The van der Waals surface area contributed by atoms with Gasteiger partial charge in [-0.05, 0) is 55.2 Å². The number of halogens is 1. The molecule has 0 bridgehead atoms. The first-order valence-corrected chi connectivity index (χ1v) is 10.3. The number of nitrogens with one attached hydrogen (secondary N) is 2. The number of benzene rings is 2. The van der Waals surface area contributed by atoms with E-state index in [1.165, 1.54) is 32.1 Å². The number of carbonyl (C=O) groups is 1. The number of hydrogen-bond acceptors (Lipinski definition) is 3. The smallest absolute Gasteiger partial charge is 0.255 e. The Bertz CT molecular complexity index is 965. The fourth-order valence-electron chi connectivity index (χ4n) is 3.77. The van der Waals surface area contributed by atoms with Gasteiger partial charge in [0.1, 0.15) is 0 Å². The highest BCUT2D eigenvalue weighted by Crippen LogP contribution is 2.26. The standard InChI is InChI=1S/C23H24ClN3O/c24-22-21(14-18-8-4-5-9-20(18)26-22)27-23(28)17-10-12-19(13-11-17)25-15-16-6-2-1-3-7-16/h4-5,8-14,16,25H,1-3,6-7,15H2,(H,27,28). The quantitative estimate of drug-likeness (QED) is 0.512. The second kappa shape index (κ2) is 8.61. The average Bonchev–Trinajstić information content (AvgIpc) is 2.74. The van der Waals surface area contributed by atoms with Gasteiger partial charge in [0.05, 0.1) is 11.2 Å². The Morgan fingerprint density at radius 3 is 2.57 bits per heavy atom. The molecule has 144 valence electrons. The molecule has 0 saturated heterocycles. The molecular formula is C23H24ClN3O. The monoisotopic (exact) mass is 393 g/mol. The summed E-state index contributed by atoms with van der Waals surface area (Å²) in [5.74, 6) is 0.567. The molecule has 0 radical (unpaired) electrons. The van der Waals surface area contributed by atoms with Crippen molar-refractivity contribution >= 4 is 39.8 Å². The Morgan fingerprint density at radius 2 is 1.79 bits per heavy atom. The van der Waals surface area contributed by atoms with Crippen LogP contribution in [0.3, 0.4) is 0 Å². The molecule has 1 saturated carbocycles. The zero-order valence-electron chi connectivity index (χ0n) is 15.7. The molecule has 1 amide bonds. The highest BCUT2D eigenvalue weighted by molar-refractivity contribution is 6.33. The summed E-state index contributed by atoms with van der Waals surface area (Å²) in [4.78, 5) is 16.9. The summed E-state index contributed by atoms with van der Waals surface area (Å²) in [6, 6.07) is 17.1. The summed E-state index contributed by atoms with van der Waals surface area (Å²) >= 11 is 6.24. The van der Waals surface area contributed by atoms with Crippen LogP contribution >= 0.6 is 11.6 Å². The number of carbonyl (C=O) groups excluding carboxylic acids is 1. The summed E-state index contributed by atoms with van der Waals surface area (Å²) in [6.45, 7) is 1.00. The fraction of sp³-hybridized carbons (Fsp3) is 0.304. The van der Waals surface area contributed by atoms with Crippen molar-refractivity contribution < 1.29 is 4.79 Å². The normalized spacial score (nSPS) is 14.8. The van der Waals surface area contributed by atoms with E-state index in [9.17, 15) is 4.79 Å². The van der Waals surface area contributed by atoms with Crippen molar-refractivity contribution in [1.29, 1.82) is 0 Å². The van der Waals surface area contributed by atoms with Gasteiger partial charge in [0, 0.05) is 23.2 Å². The van der Waals surface area contributed by atoms with E-state index in [0.717, 1.165) is 29.1 Å². The Balaban J connectivity index is 1.40. The highest BCUT2D eigenvalue weighted by Gasteiger charge is 2.13. The zero-order valence-corrected chi connectivity index (χ0v) is 16.5. The molecule has 4 rings (SSSR count). The van der Waals surface area contributed by atoms with Crippen molar-refractivity contribution in [2.75, 3.05) is 17.2 Å². The van der Waals surface area contributed by atoms with Gasteiger partial charge in [-0.1, -0.05) is 49.1 Å². The lowest BCUT2D eigenvalue weighted by Gasteiger charge is -2.22. The van der Waals surface area contributed by atoms with E-state index in [4.69, 9.17) is 11.6 Å². The molecule has 0 aliphatic heterocycles. The number of rotatable bonds is 5. The van der Waals surface area contributed by atoms with E-state index in [-0.39, 0.29) is 11.1 Å². The first-order valence-electron chi connectivity index (χ1n) is 9.89. The van der Waals surface area contributed by atoms with Crippen LogP contribution in [0.2, 0.25) is 5.15 Å². The van der Waals surface area contributed by atoms with Crippen LogP contribution in [-0.4, -0.2) is 17.4 Å². The zero-order chi connectivity index (χ0) is 19.3. The number of fused-ring (bicyclic) bond motifs is 1. The topological polar surface area (TPSA) is 54.0 Å². The van der Waals surface area contributed by atoms with Gasteiger partial charge in [0.25, 0.3) is 5.91 Å². The molecule has 0 unspecified atom stereocenters. The maximum Gasteiger partial charge on any atom is 0.255 e. The molecule has 4 nitrogen and oxygen atoms in total. The van der Waals surface area contributed by atoms with E-state index in [1.54, 1.807) is 0 Å².